The fourth-order valence-corrected chi connectivity index (χ4v) is 1.56. The molecule has 5 heteroatoms. The summed E-state index contributed by atoms with van der Waals surface area (Å²) in [5, 5.41) is 13.7. The van der Waals surface area contributed by atoms with Crippen molar-refractivity contribution in [1.29, 1.82) is 0 Å². The Morgan fingerprint density at radius 2 is 2.33 bits per heavy atom. The highest BCUT2D eigenvalue weighted by Crippen LogP contribution is 2.24. The summed E-state index contributed by atoms with van der Waals surface area (Å²) in [6.45, 7) is 4.77. The minimum atomic E-state index is -0.402. The summed E-state index contributed by atoms with van der Waals surface area (Å²) in [4.78, 5) is 10.3. The molecule has 1 aromatic rings. The van der Waals surface area contributed by atoms with Gasteiger partial charge in [0.25, 0.3) is 5.69 Å². The molecule has 0 saturated heterocycles. The predicted molar refractivity (Wildman–Crippen MR) is 70.8 cm³/mol. The molecule has 0 amide bonds. The van der Waals surface area contributed by atoms with E-state index in [2.05, 4.69) is 11.9 Å². The van der Waals surface area contributed by atoms with E-state index in [1.165, 1.54) is 6.07 Å². The molecule has 0 bridgehead atoms. The zero-order valence-corrected chi connectivity index (χ0v) is 10.5. The first kappa shape index (κ1) is 14.2. The molecule has 0 atom stereocenters. The van der Waals surface area contributed by atoms with Crippen molar-refractivity contribution in [2.24, 2.45) is 0 Å². The number of non-ortho nitro benzene ring substituents is 1. The number of nitrogens with one attached hydrogen (secondary N) is 1. The van der Waals surface area contributed by atoms with Gasteiger partial charge in [-0.15, -0.1) is 6.58 Å². The molecule has 1 N–H and O–H groups in total. The Morgan fingerprint density at radius 1 is 1.56 bits per heavy atom. The summed E-state index contributed by atoms with van der Waals surface area (Å²) in [7, 11) is 1.79. The van der Waals surface area contributed by atoms with Crippen LogP contribution in [0.15, 0.2) is 30.9 Å². The number of nitro benzene ring substituents is 1. The molecule has 1 rings (SSSR count). The van der Waals surface area contributed by atoms with Crippen LogP contribution in [0.3, 0.4) is 0 Å². The Hall–Kier alpha value is -1.88. The monoisotopic (exact) mass is 250 g/mol. The minimum Gasteiger partial charge on any atom is -0.493 e. The second-order valence-corrected chi connectivity index (χ2v) is 3.86. The van der Waals surface area contributed by atoms with Crippen LogP contribution in [-0.2, 0) is 6.54 Å². The molecule has 98 valence electrons. The third-order valence-electron chi connectivity index (χ3n) is 2.43. The molecule has 0 aliphatic heterocycles. The Morgan fingerprint density at radius 3 is 2.94 bits per heavy atom. The summed E-state index contributed by atoms with van der Waals surface area (Å²) in [5.74, 6) is 0.694. The lowest BCUT2D eigenvalue weighted by Crippen LogP contribution is -2.08. The van der Waals surface area contributed by atoms with Crippen molar-refractivity contribution in [1.82, 2.24) is 5.32 Å². The first-order valence-electron chi connectivity index (χ1n) is 5.84. The van der Waals surface area contributed by atoms with Crippen molar-refractivity contribution in [2.45, 2.75) is 19.4 Å². The van der Waals surface area contributed by atoms with E-state index in [9.17, 15) is 10.1 Å². The van der Waals surface area contributed by atoms with Crippen molar-refractivity contribution < 1.29 is 9.66 Å². The van der Waals surface area contributed by atoms with Gasteiger partial charge in [-0.25, -0.2) is 0 Å². The Kier molecular flexibility index (Phi) is 5.87. The van der Waals surface area contributed by atoms with Crippen molar-refractivity contribution in [3.8, 4) is 5.75 Å². The van der Waals surface area contributed by atoms with E-state index in [4.69, 9.17) is 4.74 Å². The van der Waals surface area contributed by atoms with E-state index >= 15 is 0 Å². The SMILES string of the molecule is C=CCCCOc1ccc([N+](=O)[O-])cc1CNC. The van der Waals surface area contributed by atoms with Crippen LogP contribution in [0.2, 0.25) is 0 Å². The number of rotatable bonds is 8. The highest BCUT2D eigenvalue weighted by Gasteiger charge is 2.11. The Labute approximate surface area is 107 Å². The van der Waals surface area contributed by atoms with Crippen LogP contribution in [0.5, 0.6) is 5.75 Å². The topological polar surface area (TPSA) is 64.4 Å². The fourth-order valence-electron chi connectivity index (χ4n) is 1.56. The summed E-state index contributed by atoms with van der Waals surface area (Å²) in [5.41, 5.74) is 0.879. The molecule has 0 aliphatic rings. The summed E-state index contributed by atoms with van der Waals surface area (Å²) >= 11 is 0. The lowest BCUT2D eigenvalue weighted by molar-refractivity contribution is -0.384. The number of ether oxygens (including phenoxy) is 1. The highest BCUT2D eigenvalue weighted by molar-refractivity contribution is 5.43. The smallest absolute Gasteiger partial charge is 0.270 e. The third-order valence-corrected chi connectivity index (χ3v) is 2.43. The average Bonchev–Trinajstić information content (AvgIpc) is 2.36. The number of allylic oxidation sites excluding steroid dienone is 1. The molecule has 0 aromatic heterocycles. The number of benzene rings is 1. The van der Waals surface area contributed by atoms with Crippen molar-refractivity contribution in [2.75, 3.05) is 13.7 Å². The number of hydrogen-bond acceptors (Lipinski definition) is 4. The third kappa shape index (κ3) is 4.18. The van der Waals surface area contributed by atoms with Gasteiger partial charge in [0, 0.05) is 24.2 Å². The van der Waals surface area contributed by atoms with E-state index in [1.54, 1.807) is 19.2 Å². The molecule has 1 aromatic carbocycles. The number of unbranched alkanes of at least 4 members (excludes halogenated alkanes) is 1. The molecule has 0 aliphatic carbocycles. The van der Waals surface area contributed by atoms with E-state index < -0.39 is 4.92 Å². The van der Waals surface area contributed by atoms with Crippen molar-refractivity contribution in [3.63, 3.8) is 0 Å². The predicted octanol–water partition coefficient (Wildman–Crippen LogP) is 2.66. The maximum Gasteiger partial charge on any atom is 0.270 e. The molecular formula is C13H18N2O3. The van der Waals surface area contributed by atoms with Crippen molar-refractivity contribution >= 4 is 5.69 Å². The van der Waals surface area contributed by atoms with E-state index in [0.717, 1.165) is 18.4 Å². The molecule has 0 radical (unpaired) electrons. The van der Waals surface area contributed by atoms with Gasteiger partial charge in [-0.1, -0.05) is 6.08 Å². The molecule has 5 nitrogen and oxygen atoms in total. The Bertz CT molecular complexity index is 419. The fraction of sp³-hybridized carbons (Fsp3) is 0.385. The minimum absolute atomic E-state index is 0.0821. The van der Waals surface area contributed by atoms with E-state index in [1.807, 2.05) is 6.08 Å². The highest BCUT2D eigenvalue weighted by atomic mass is 16.6. The zero-order chi connectivity index (χ0) is 13.4. The second-order valence-electron chi connectivity index (χ2n) is 3.86. The van der Waals surface area contributed by atoms with Crippen LogP contribution in [0, 0.1) is 10.1 Å². The quantitative estimate of drug-likeness (QED) is 0.333. The van der Waals surface area contributed by atoms with Gasteiger partial charge in [-0.3, -0.25) is 10.1 Å². The lowest BCUT2D eigenvalue weighted by atomic mass is 10.1. The molecule has 0 fully saturated rings. The van der Waals surface area contributed by atoms with Gasteiger partial charge in [0.2, 0.25) is 0 Å². The maximum absolute atomic E-state index is 10.7. The molecule has 18 heavy (non-hydrogen) atoms. The summed E-state index contributed by atoms with van der Waals surface area (Å²) in [6, 6.07) is 4.65. The van der Waals surface area contributed by atoms with Crippen molar-refractivity contribution in [3.05, 3.63) is 46.5 Å². The molecule has 0 heterocycles. The van der Waals surface area contributed by atoms with Crippen LogP contribution < -0.4 is 10.1 Å². The van der Waals surface area contributed by atoms with Crippen LogP contribution in [0.4, 0.5) is 5.69 Å². The zero-order valence-electron chi connectivity index (χ0n) is 10.5. The van der Waals surface area contributed by atoms with Gasteiger partial charge in [0.05, 0.1) is 11.5 Å². The number of nitro groups is 1. The van der Waals surface area contributed by atoms with Gasteiger partial charge >= 0.3 is 0 Å². The largest absolute Gasteiger partial charge is 0.493 e. The van der Waals surface area contributed by atoms with Crippen LogP contribution in [0.1, 0.15) is 18.4 Å². The second kappa shape index (κ2) is 7.45. The standard InChI is InChI=1S/C13H18N2O3/c1-3-4-5-8-18-13-7-6-12(15(16)17)9-11(13)10-14-2/h3,6-7,9,14H,1,4-5,8,10H2,2H3. The first-order chi connectivity index (χ1) is 8.69. The van der Waals surface area contributed by atoms with Gasteiger partial charge in [-0.2, -0.15) is 0 Å². The molecule has 0 unspecified atom stereocenters. The maximum atomic E-state index is 10.7. The summed E-state index contributed by atoms with van der Waals surface area (Å²) in [6.07, 6.45) is 3.63. The molecular weight excluding hydrogens is 232 g/mol. The van der Waals surface area contributed by atoms with E-state index in [-0.39, 0.29) is 5.69 Å². The van der Waals surface area contributed by atoms with Crippen LogP contribution in [-0.4, -0.2) is 18.6 Å². The number of hydrogen-bond donors (Lipinski definition) is 1. The van der Waals surface area contributed by atoms with Gasteiger partial charge in [0.15, 0.2) is 0 Å². The van der Waals surface area contributed by atoms with E-state index in [0.29, 0.717) is 18.9 Å². The summed E-state index contributed by atoms with van der Waals surface area (Å²) < 4.78 is 5.62. The Balaban J connectivity index is 2.76. The van der Waals surface area contributed by atoms with Crippen LogP contribution >= 0.6 is 0 Å². The first-order valence-corrected chi connectivity index (χ1v) is 5.84. The van der Waals surface area contributed by atoms with Gasteiger partial charge in [-0.05, 0) is 26.0 Å². The normalized spacial score (nSPS) is 10.1. The molecule has 0 saturated carbocycles. The van der Waals surface area contributed by atoms with Gasteiger partial charge < -0.3 is 10.1 Å². The molecule has 0 spiro atoms. The van der Waals surface area contributed by atoms with Crippen LogP contribution in [0.25, 0.3) is 0 Å². The van der Waals surface area contributed by atoms with Gasteiger partial charge in [0.1, 0.15) is 5.75 Å². The number of nitrogens with zero attached hydrogens (tertiary/aromatic N) is 1. The lowest BCUT2D eigenvalue weighted by Gasteiger charge is -2.10. The average molecular weight is 250 g/mol.